The molecule has 3 heterocycles. The van der Waals surface area contributed by atoms with Gasteiger partial charge in [0.1, 0.15) is 12.2 Å². The van der Waals surface area contributed by atoms with Gasteiger partial charge in [0.2, 0.25) is 0 Å². The highest BCUT2D eigenvalue weighted by atomic mass is 35.5. The first-order valence-electron chi connectivity index (χ1n) is 11.9. The third kappa shape index (κ3) is 3.85. The van der Waals surface area contributed by atoms with Crippen molar-refractivity contribution < 1.29 is 4.79 Å². The van der Waals surface area contributed by atoms with Gasteiger partial charge in [-0.25, -0.2) is 14.2 Å². The van der Waals surface area contributed by atoms with Crippen molar-refractivity contribution in [3.05, 3.63) is 112 Å². The summed E-state index contributed by atoms with van der Waals surface area (Å²) in [5.41, 5.74) is 6.17. The average Bonchev–Trinajstić information content (AvgIpc) is 3.47. The number of aryl methyl sites for hydroxylation is 3. The zero-order chi connectivity index (χ0) is 24.9. The molecule has 1 aliphatic rings. The summed E-state index contributed by atoms with van der Waals surface area (Å²) in [4.78, 5) is 17.8. The van der Waals surface area contributed by atoms with E-state index in [1.165, 1.54) is 5.56 Å². The van der Waals surface area contributed by atoms with Gasteiger partial charge in [-0.1, -0.05) is 48.0 Å². The van der Waals surface area contributed by atoms with Gasteiger partial charge in [0.05, 0.1) is 33.0 Å². The van der Waals surface area contributed by atoms with E-state index >= 15 is 0 Å². The molecule has 5 aromatic rings. The molecule has 0 radical (unpaired) electrons. The van der Waals surface area contributed by atoms with Crippen molar-refractivity contribution in [1.82, 2.24) is 29.7 Å². The molecule has 8 heteroatoms. The fourth-order valence-corrected chi connectivity index (χ4v) is 5.40. The number of hydrogen-bond donors (Lipinski definition) is 1. The summed E-state index contributed by atoms with van der Waals surface area (Å²) in [5, 5.41) is 12.9. The normalized spacial score (nSPS) is 17.2. The van der Waals surface area contributed by atoms with Gasteiger partial charge >= 0.3 is 0 Å². The van der Waals surface area contributed by atoms with Gasteiger partial charge in [-0.05, 0) is 62.1 Å². The van der Waals surface area contributed by atoms with Crippen molar-refractivity contribution >= 4 is 23.0 Å². The van der Waals surface area contributed by atoms with Crippen molar-refractivity contribution in [2.75, 3.05) is 0 Å². The first-order valence-corrected chi connectivity index (χ1v) is 12.3. The highest BCUT2D eigenvalue weighted by molar-refractivity contribution is 6.34. The Balaban J connectivity index is 1.37. The number of carbonyl (C=O) groups excluding carboxylic acids is 1. The van der Waals surface area contributed by atoms with Crippen LogP contribution in [0.25, 0.3) is 11.2 Å². The zero-order valence-electron chi connectivity index (χ0n) is 20.1. The first kappa shape index (κ1) is 22.5. The molecule has 1 amide bonds. The Hall–Kier alpha value is -3.97. The maximum absolute atomic E-state index is 13.7. The molecule has 1 aliphatic carbocycles. The van der Waals surface area contributed by atoms with Gasteiger partial charge in [-0.2, -0.15) is 10.2 Å². The molecule has 6 rings (SSSR count). The molecule has 1 N–H and O–H groups in total. The molecule has 0 saturated heterocycles. The van der Waals surface area contributed by atoms with E-state index in [0.29, 0.717) is 22.8 Å². The predicted octanol–water partition coefficient (Wildman–Crippen LogP) is 5.00. The number of carbonyl (C=O) groups is 1. The molecule has 0 aliphatic heterocycles. The van der Waals surface area contributed by atoms with E-state index in [0.717, 1.165) is 40.9 Å². The standard InChI is InChI=1S/C28H25ClN6O/c1-18-8-11-26-23-15-28(20-6-4-3-5-7-20,13-12-25(23)33-34(26)16-18)31-27(36)22-10-9-21(14-24(22)29)35-17-30-19(2)32-35/h3-11,14,16-17H,12-13,15H2,1-2H3,(H,31,36). The number of nitrogens with zero attached hydrogens (tertiary/aromatic N) is 5. The third-order valence-corrected chi connectivity index (χ3v) is 7.29. The monoisotopic (exact) mass is 496 g/mol. The summed E-state index contributed by atoms with van der Waals surface area (Å²) in [7, 11) is 0. The second kappa shape index (κ2) is 8.60. The fourth-order valence-electron chi connectivity index (χ4n) is 5.14. The molecule has 0 saturated carbocycles. The van der Waals surface area contributed by atoms with Crippen LogP contribution in [0.5, 0.6) is 0 Å². The maximum Gasteiger partial charge on any atom is 0.253 e. The van der Waals surface area contributed by atoms with Crippen LogP contribution in [0.15, 0.2) is 73.2 Å². The number of halogens is 1. The molecule has 2 aromatic carbocycles. The number of aromatic nitrogens is 5. The SMILES string of the molecule is Cc1ccc2c3c(nn2c1)CCC(NC(=O)c1ccc(-n2cnc(C)n2)cc1Cl)(c1ccccc1)C3. The Bertz CT molecular complexity index is 1610. The molecule has 0 spiro atoms. The lowest BCUT2D eigenvalue weighted by Gasteiger charge is -2.38. The quantitative estimate of drug-likeness (QED) is 0.380. The zero-order valence-corrected chi connectivity index (χ0v) is 20.8. The van der Waals surface area contributed by atoms with Crippen LogP contribution in [-0.4, -0.2) is 30.3 Å². The lowest BCUT2D eigenvalue weighted by Crippen LogP contribution is -2.49. The second-order valence-electron chi connectivity index (χ2n) is 9.44. The van der Waals surface area contributed by atoms with Crippen molar-refractivity contribution in [1.29, 1.82) is 0 Å². The maximum atomic E-state index is 13.7. The van der Waals surface area contributed by atoms with E-state index in [-0.39, 0.29) is 5.91 Å². The number of nitrogens with one attached hydrogen (secondary N) is 1. The largest absolute Gasteiger partial charge is 0.342 e. The number of fused-ring (bicyclic) bond motifs is 3. The van der Waals surface area contributed by atoms with Crippen molar-refractivity contribution in [3.63, 3.8) is 0 Å². The minimum absolute atomic E-state index is 0.207. The fraction of sp³-hybridized carbons (Fsp3) is 0.214. The van der Waals surface area contributed by atoms with Crippen LogP contribution in [-0.2, 0) is 18.4 Å². The lowest BCUT2D eigenvalue weighted by molar-refractivity contribution is 0.0886. The molecule has 3 aromatic heterocycles. The minimum atomic E-state index is -0.579. The summed E-state index contributed by atoms with van der Waals surface area (Å²) >= 11 is 6.61. The summed E-state index contributed by atoms with van der Waals surface area (Å²) < 4.78 is 3.61. The van der Waals surface area contributed by atoms with Crippen molar-refractivity contribution in [2.24, 2.45) is 0 Å². The van der Waals surface area contributed by atoms with Crippen molar-refractivity contribution in [3.8, 4) is 5.69 Å². The minimum Gasteiger partial charge on any atom is -0.342 e. The van der Waals surface area contributed by atoms with E-state index < -0.39 is 5.54 Å². The summed E-state index contributed by atoms with van der Waals surface area (Å²) in [6.07, 6.45) is 5.84. The van der Waals surface area contributed by atoms with Gasteiger partial charge in [0.25, 0.3) is 5.91 Å². The molecule has 1 atom stereocenters. The van der Waals surface area contributed by atoms with Gasteiger partial charge < -0.3 is 5.32 Å². The summed E-state index contributed by atoms with van der Waals surface area (Å²) in [6.45, 7) is 3.89. The topological polar surface area (TPSA) is 77.1 Å². The number of rotatable bonds is 4. The molecule has 7 nitrogen and oxygen atoms in total. The highest BCUT2D eigenvalue weighted by Crippen LogP contribution is 2.38. The number of benzene rings is 2. The van der Waals surface area contributed by atoms with Crippen molar-refractivity contribution in [2.45, 2.75) is 38.6 Å². The van der Waals surface area contributed by atoms with Gasteiger partial charge in [0, 0.05) is 18.2 Å². The number of amides is 1. The Labute approximate surface area is 213 Å². The average molecular weight is 497 g/mol. The molecular weight excluding hydrogens is 472 g/mol. The van der Waals surface area contributed by atoms with Crippen LogP contribution < -0.4 is 5.32 Å². The smallest absolute Gasteiger partial charge is 0.253 e. The Morgan fingerprint density at radius 2 is 1.89 bits per heavy atom. The number of pyridine rings is 1. The van der Waals surface area contributed by atoms with Gasteiger partial charge in [-0.3, -0.25) is 4.79 Å². The van der Waals surface area contributed by atoms with Crippen LogP contribution in [0.3, 0.4) is 0 Å². The number of hydrogen-bond acceptors (Lipinski definition) is 4. The Morgan fingerprint density at radius 3 is 2.64 bits per heavy atom. The van der Waals surface area contributed by atoms with Crippen LogP contribution in [0.1, 0.15) is 45.0 Å². The van der Waals surface area contributed by atoms with Gasteiger partial charge in [0.15, 0.2) is 0 Å². The van der Waals surface area contributed by atoms with Crippen LogP contribution >= 0.6 is 11.6 Å². The Kier molecular flexibility index (Phi) is 5.38. The van der Waals surface area contributed by atoms with E-state index in [1.54, 1.807) is 23.1 Å². The molecule has 0 fully saturated rings. The first-order chi connectivity index (χ1) is 17.4. The molecular formula is C28H25ClN6O. The van der Waals surface area contributed by atoms with E-state index in [9.17, 15) is 4.79 Å². The third-order valence-electron chi connectivity index (χ3n) is 6.98. The van der Waals surface area contributed by atoms with Crippen LogP contribution in [0.2, 0.25) is 5.02 Å². The van der Waals surface area contributed by atoms with E-state index in [1.807, 2.05) is 41.9 Å². The molecule has 36 heavy (non-hydrogen) atoms. The summed E-state index contributed by atoms with van der Waals surface area (Å²) in [6, 6.07) is 19.7. The van der Waals surface area contributed by atoms with E-state index in [4.69, 9.17) is 16.7 Å². The van der Waals surface area contributed by atoms with Gasteiger partial charge in [-0.15, -0.1) is 0 Å². The molecule has 0 bridgehead atoms. The second-order valence-corrected chi connectivity index (χ2v) is 9.85. The lowest BCUT2D eigenvalue weighted by atomic mass is 9.75. The Morgan fingerprint density at radius 1 is 1.06 bits per heavy atom. The molecule has 180 valence electrons. The molecule has 1 unspecified atom stereocenters. The highest BCUT2D eigenvalue weighted by Gasteiger charge is 2.40. The van der Waals surface area contributed by atoms with Crippen LogP contribution in [0, 0.1) is 13.8 Å². The summed E-state index contributed by atoms with van der Waals surface area (Å²) in [5.74, 6) is 0.457. The predicted molar refractivity (Wildman–Crippen MR) is 139 cm³/mol. The van der Waals surface area contributed by atoms with Crippen LogP contribution in [0.4, 0.5) is 0 Å². The van der Waals surface area contributed by atoms with E-state index in [2.05, 4.69) is 46.6 Å².